The van der Waals surface area contributed by atoms with Gasteiger partial charge >= 0.3 is 0 Å². The van der Waals surface area contributed by atoms with E-state index in [1.54, 1.807) is 11.3 Å². The molecule has 2 aromatic heterocycles. The highest BCUT2D eigenvalue weighted by Gasteiger charge is 2.09. The predicted octanol–water partition coefficient (Wildman–Crippen LogP) is 2.94. The first-order valence-electron chi connectivity index (χ1n) is 4.63. The molecule has 1 N–H and O–H groups in total. The lowest BCUT2D eigenvalue weighted by Gasteiger charge is -2.15. The van der Waals surface area contributed by atoms with E-state index in [2.05, 4.69) is 42.5 Å². The van der Waals surface area contributed by atoms with Crippen molar-refractivity contribution in [3.8, 4) is 0 Å². The highest BCUT2D eigenvalue weighted by atomic mass is 79.9. The summed E-state index contributed by atoms with van der Waals surface area (Å²) in [7, 11) is 3.90. The molecular weight excluding hydrogens is 308 g/mol. The minimum absolute atomic E-state index is 0.634. The summed E-state index contributed by atoms with van der Waals surface area (Å²) in [5, 5.41) is 9.04. The van der Waals surface area contributed by atoms with Crippen LogP contribution in [0.2, 0.25) is 0 Å². The number of nitrogens with zero attached hydrogens (tertiary/aromatic N) is 3. The van der Waals surface area contributed by atoms with Crippen molar-refractivity contribution in [1.29, 1.82) is 0 Å². The maximum Gasteiger partial charge on any atom is 0.225 e. The number of anilines is 1. The molecule has 0 unspecified atom stereocenters. The molecule has 0 saturated carbocycles. The van der Waals surface area contributed by atoms with Crippen LogP contribution in [0.1, 0.15) is 4.88 Å². The van der Waals surface area contributed by atoms with Gasteiger partial charge in [0.05, 0.1) is 6.54 Å². The van der Waals surface area contributed by atoms with Crippen molar-refractivity contribution >= 4 is 45.4 Å². The molecule has 0 fully saturated rings. The molecule has 0 aliphatic carbocycles. The number of thiophene rings is 1. The molecule has 0 aliphatic heterocycles. The zero-order valence-corrected chi connectivity index (χ0v) is 12.1. The summed E-state index contributed by atoms with van der Waals surface area (Å²) in [6.45, 7) is 0.823. The average Bonchev–Trinajstić information content (AvgIpc) is 2.76. The standard InChI is InChI=1S/C9H11BrN4S2/c1-13(4-7-3-6(10)5-16-7)8-11-12-9(15)14(8)2/h3,5H,4H2,1-2H3,(H,12,15). The van der Waals surface area contributed by atoms with Crippen LogP contribution in [0.5, 0.6) is 0 Å². The molecule has 0 aliphatic rings. The summed E-state index contributed by atoms with van der Waals surface area (Å²) in [6, 6.07) is 2.11. The van der Waals surface area contributed by atoms with Gasteiger partial charge in [-0.1, -0.05) is 0 Å². The van der Waals surface area contributed by atoms with Gasteiger partial charge in [-0.05, 0) is 34.2 Å². The first kappa shape index (κ1) is 11.8. The number of hydrogen-bond acceptors (Lipinski definition) is 4. The van der Waals surface area contributed by atoms with Crippen LogP contribution in [0.15, 0.2) is 15.9 Å². The van der Waals surface area contributed by atoms with Crippen molar-refractivity contribution in [2.45, 2.75) is 6.54 Å². The third kappa shape index (κ3) is 2.36. The molecule has 0 spiro atoms. The molecule has 2 rings (SSSR count). The second-order valence-corrected chi connectivity index (χ2v) is 5.77. The largest absolute Gasteiger partial charge is 0.339 e. The van der Waals surface area contributed by atoms with Gasteiger partial charge in [0.25, 0.3) is 0 Å². The topological polar surface area (TPSA) is 36.9 Å². The number of halogens is 1. The van der Waals surface area contributed by atoms with E-state index in [-0.39, 0.29) is 0 Å². The number of hydrogen-bond donors (Lipinski definition) is 1. The molecular formula is C9H11BrN4S2. The van der Waals surface area contributed by atoms with E-state index in [4.69, 9.17) is 12.2 Å². The van der Waals surface area contributed by atoms with Gasteiger partial charge in [0.1, 0.15) is 0 Å². The van der Waals surface area contributed by atoms with Crippen molar-refractivity contribution in [2.24, 2.45) is 7.05 Å². The summed E-state index contributed by atoms with van der Waals surface area (Å²) in [4.78, 5) is 3.34. The first-order valence-corrected chi connectivity index (χ1v) is 6.71. The van der Waals surface area contributed by atoms with E-state index in [1.807, 2.05) is 18.7 Å². The highest BCUT2D eigenvalue weighted by molar-refractivity contribution is 9.10. The molecule has 0 aromatic carbocycles. The molecule has 2 heterocycles. The molecule has 4 nitrogen and oxygen atoms in total. The fourth-order valence-corrected chi connectivity index (χ4v) is 3.05. The number of H-pyrrole nitrogens is 1. The summed E-state index contributed by atoms with van der Waals surface area (Å²) in [6.07, 6.45) is 0. The first-order chi connectivity index (χ1) is 7.58. The third-order valence-corrected chi connectivity index (χ3v) is 4.26. The van der Waals surface area contributed by atoms with Gasteiger partial charge in [-0.15, -0.1) is 16.4 Å². The van der Waals surface area contributed by atoms with Crippen LogP contribution < -0.4 is 4.90 Å². The molecule has 0 saturated heterocycles. The fourth-order valence-electron chi connectivity index (χ4n) is 1.42. The quantitative estimate of drug-likeness (QED) is 0.884. The Bertz CT molecular complexity index is 542. The highest BCUT2D eigenvalue weighted by Crippen LogP contribution is 2.22. The van der Waals surface area contributed by atoms with E-state index in [0.717, 1.165) is 17.0 Å². The summed E-state index contributed by atoms with van der Waals surface area (Å²) in [5.41, 5.74) is 0. The zero-order valence-electron chi connectivity index (χ0n) is 8.90. The van der Waals surface area contributed by atoms with Crippen LogP contribution >= 0.6 is 39.5 Å². The Morgan fingerprint density at radius 3 is 2.94 bits per heavy atom. The number of aromatic amines is 1. The number of nitrogens with one attached hydrogen (secondary N) is 1. The molecule has 0 amide bonds. The van der Waals surface area contributed by atoms with Crippen molar-refractivity contribution in [1.82, 2.24) is 14.8 Å². The minimum atomic E-state index is 0.634. The van der Waals surface area contributed by atoms with E-state index in [0.29, 0.717) is 4.77 Å². The number of rotatable bonds is 3. The lowest BCUT2D eigenvalue weighted by Crippen LogP contribution is -2.19. The second kappa shape index (κ2) is 4.68. The van der Waals surface area contributed by atoms with Gasteiger partial charge in [-0.3, -0.25) is 4.57 Å². The van der Waals surface area contributed by atoms with Crippen LogP contribution in [0.25, 0.3) is 0 Å². The SMILES string of the molecule is CN(Cc1cc(Br)cs1)c1n[nH]c(=S)n1C. The van der Waals surface area contributed by atoms with Gasteiger partial charge in [-0.25, -0.2) is 5.10 Å². The van der Waals surface area contributed by atoms with Crippen molar-refractivity contribution in [3.05, 3.63) is 25.6 Å². The van der Waals surface area contributed by atoms with Crippen LogP contribution in [0, 0.1) is 4.77 Å². The minimum Gasteiger partial charge on any atom is -0.339 e. The summed E-state index contributed by atoms with van der Waals surface area (Å²) >= 11 is 10.2. The average molecular weight is 319 g/mol. The van der Waals surface area contributed by atoms with Crippen LogP contribution in [0.4, 0.5) is 5.95 Å². The molecule has 0 radical (unpaired) electrons. The van der Waals surface area contributed by atoms with Gasteiger partial charge in [-0.2, -0.15) is 0 Å². The third-order valence-electron chi connectivity index (χ3n) is 2.21. The molecule has 0 bridgehead atoms. The smallest absolute Gasteiger partial charge is 0.225 e. The Morgan fingerprint density at radius 2 is 2.44 bits per heavy atom. The van der Waals surface area contributed by atoms with Crippen molar-refractivity contribution < 1.29 is 0 Å². The van der Waals surface area contributed by atoms with Gasteiger partial charge < -0.3 is 4.90 Å². The van der Waals surface area contributed by atoms with E-state index in [9.17, 15) is 0 Å². The predicted molar refractivity (Wildman–Crippen MR) is 72.5 cm³/mol. The Hall–Kier alpha value is -0.660. The molecule has 0 atom stereocenters. The van der Waals surface area contributed by atoms with E-state index in [1.165, 1.54) is 4.88 Å². The molecule has 86 valence electrons. The Morgan fingerprint density at radius 1 is 1.69 bits per heavy atom. The van der Waals surface area contributed by atoms with Crippen molar-refractivity contribution in [2.75, 3.05) is 11.9 Å². The lowest BCUT2D eigenvalue weighted by molar-refractivity contribution is 0.806. The van der Waals surface area contributed by atoms with E-state index < -0.39 is 0 Å². The lowest BCUT2D eigenvalue weighted by atomic mass is 10.4. The molecule has 2 aromatic rings. The van der Waals surface area contributed by atoms with E-state index >= 15 is 0 Å². The maximum atomic E-state index is 5.08. The molecule has 7 heteroatoms. The van der Waals surface area contributed by atoms with Crippen molar-refractivity contribution in [3.63, 3.8) is 0 Å². The van der Waals surface area contributed by atoms with Gasteiger partial charge in [0, 0.05) is 28.8 Å². The van der Waals surface area contributed by atoms with Crippen LogP contribution in [-0.4, -0.2) is 21.8 Å². The Labute approximate surface area is 111 Å². The molecule has 16 heavy (non-hydrogen) atoms. The maximum absolute atomic E-state index is 5.08. The van der Waals surface area contributed by atoms with Crippen LogP contribution in [-0.2, 0) is 13.6 Å². The monoisotopic (exact) mass is 318 g/mol. The normalized spacial score (nSPS) is 10.7. The second-order valence-electron chi connectivity index (χ2n) is 3.48. The zero-order chi connectivity index (χ0) is 11.7. The van der Waals surface area contributed by atoms with Gasteiger partial charge in [0.2, 0.25) is 5.95 Å². The van der Waals surface area contributed by atoms with Crippen LogP contribution in [0.3, 0.4) is 0 Å². The van der Waals surface area contributed by atoms with Gasteiger partial charge in [0.15, 0.2) is 4.77 Å². The Kier molecular flexibility index (Phi) is 3.46. The summed E-state index contributed by atoms with van der Waals surface area (Å²) in [5.74, 6) is 0.842. The number of aromatic nitrogens is 3. The Balaban J connectivity index is 2.17. The summed E-state index contributed by atoms with van der Waals surface area (Å²) < 4.78 is 3.61. The fraction of sp³-hybridized carbons (Fsp3) is 0.333.